The van der Waals surface area contributed by atoms with Gasteiger partial charge in [-0.25, -0.2) is 12.8 Å². The number of hydrogen-bond donors (Lipinski definition) is 1. The van der Waals surface area contributed by atoms with E-state index in [4.69, 9.17) is 0 Å². The van der Waals surface area contributed by atoms with Crippen LogP contribution in [0.25, 0.3) is 0 Å². The summed E-state index contributed by atoms with van der Waals surface area (Å²) in [6.45, 7) is 7.66. The van der Waals surface area contributed by atoms with Gasteiger partial charge in [0, 0.05) is 0 Å². The fraction of sp³-hybridized carbons (Fsp3) is 0.292. The van der Waals surface area contributed by atoms with Gasteiger partial charge in [-0.15, -0.1) is 11.3 Å². The Morgan fingerprint density at radius 2 is 1.72 bits per heavy atom. The van der Waals surface area contributed by atoms with Crippen LogP contribution < -0.4 is 9.62 Å². The molecule has 1 unspecified atom stereocenters. The van der Waals surface area contributed by atoms with E-state index in [0.29, 0.717) is 0 Å². The molecule has 0 radical (unpaired) electrons. The number of nitrogens with one attached hydrogen (secondary N) is 1. The van der Waals surface area contributed by atoms with Crippen molar-refractivity contribution < 1.29 is 17.6 Å². The predicted molar refractivity (Wildman–Crippen MR) is 127 cm³/mol. The molecular weight excluding hydrogens is 447 g/mol. The van der Waals surface area contributed by atoms with Crippen LogP contribution >= 0.6 is 11.3 Å². The highest BCUT2D eigenvalue weighted by atomic mass is 32.2. The first kappa shape index (κ1) is 23.9. The Balaban J connectivity index is 1.82. The summed E-state index contributed by atoms with van der Waals surface area (Å²) in [7, 11) is -4.10. The monoisotopic (exact) mass is 474 g/mol. The molecule has 3 aromatic rings. The van der Waals surface area contributed by atoms with E-state index in [1.165, 1.54) is 35.9 Å². The Hall–Kier alpha value is -2.71. The molecule has 1 aromatic heterocycles. The van der Waals surface area contributed by atoms with Gasteiger partial charge < -0.3 is 5.32 Å². The number of sulfonamides is 1. The average molecular weight is 475 g/mol. The van der Waals surface area contributed by atoms with Crippen LogP contribution in [0.1, 0.15) is 44.9 Å². The van der Waals surface area contributed by atoms with Gasteiger partial charge in [-0.2, -0.15) is 0 Å². The minimum Gasteiger partial charge on any atom is -0.348 e. The molecule has 1 amide bonds. The average Bonchev–Trinajstić information content (AvgIpc) is 3.28. The number of thiophene rings is 1. The molecule has 0 saturated heterocycles. The molecule has 170 valence electrons. The van der Waals surface area contributed by atoms with Gasteiger partial charge in [0.2, 0.25) is 5.91 Å². The summed E-state index contributed by atoms with van der Waals surface area (Å²) < 4.78 is 41.7. The van der Waals surface area contributed by atoms with Crippen molar-refractivity contribution in [3.8, 4) is 0 Å². The number of amides is 1. The Morgan fingerprint density at radius 1 is 1.06 bits per heavy atom. The summed E-state index contributed by atoms with van der Waals surface area (Å²) in [4.78, 5) is 12.8. The van der Waals surface area contributed by atoms with Gasteiger partial charge in [0.25, 0.3) is 10.0 Å². The number of carbonyl (C=O) groups is 1. The highest BCUT2D eigenvalue weighted by molar-refractivity contribution is 7.94. The van der Waals surface area contributed by atoms with Crippen LogP contribution in [0, 0.1) is 5.82 Å². The summed E-state index contributed by atoms with van der Waals surface area (Å²) in [6.07, 6.45) is 0. The van der Waals surface area contributed by atoms with E-state index in [9.17, 15) is 17.6 Å². The first-order valence-corrected chi connectivity index (χ1v) is 12.5. The summed E-state index contributed by atoms with van der Waals surface area (Å²) in [5.41, 5.74) is 1.91. The number of nitrogens with zero attached hydrogens (tertiary/aromatic N) is 1. The van der Waals surface area contributed by atoms with Gasteiger partial charge in [0.15, 0.2) is 0 Å². The number of rotatable bonds is 7. The second-order valence-electron chi connectivity index (χ2n) is 8.56. The number of halogens is 1. The molecule has 0 aliphatic carbocycles. The molecule has 0 spiro atoms. The topological polar surface area (TPSA) is 66.5 Å². The highest BCUT2D eigenvalue weighted by Gasteiger charge is 2.30. The molecule has 3 rings (SSSR count). The van der Waals surface area contributed by atoms with Crippen molar-refractivity contribution in [1.29, 1.82) is 0 Å². The van der Waals surface area contributed by atoms with E-state index >= 15 is 0 Å². The van der Waals surface area contributed by atoms with Crippen molar-refractivity contribution in [1.82, 2.24) is 5.32 Å². The van der Waals surface area contributed by atoms with Crippen molar-refractivity contribution in [2.24, 2.45) is 0 Å². The number of carbonyl (C=O) groups excluding carboxylic acids is 1. The summed E-state index contributed by atoms with van der Waals surface area (Å²) in [5.74, 6) is -1.24. The maximum Gasteiger partial charge on any atom is 0.274 e. The van der Waals surface area contributed by atoms with Gasteiger partial charge >= 0.3 is 0 Å². The molecule has 0 aliphatic rings. The van der Waals surface area contributed by atoms with Crippen LogP contribution in [-0.4, -0.2) is 20.9 Å². The number of anilines is 1. The Bertz CT molecular complexity index is 1170. The number of benzene rings is 2. The molecule has 0 saturated carbocycles. The first-order valence-electron chi connectivity index (χ1n) is 10.2. The van der Waals surface area contributed by atoms with E-state index in [-0.39, 0.29) is 21.4 Å². The zero-order valence-corrected chi connectivity index (χ0v) is 20.1. The second kappa shape index (κ2) is 9.42. The van der Waals surface area contributed by atoms with Crippen LogP contribution in [0.5, 0.6) is 0 Å². The minimum absolute atomic E-state index is 0.0153. The quantitative estimate of drug-likeness (QED) is 0.508. The van der Waals surface area contributed by atoms with Crippen LogP contribution in [0.3, 0.4) is 0 Å². The van der Waals surface area contributed by atoms with Crippen LogP contribution in [-0.2, 0) is 20.2 Å². The normalized spacial score (nSPS) is 12.9. The summed E-state index contributed by atoms with van der Waals surface area (Å²) in [5, 5.41) is 4.45. The van der Waals surface area contributed by atoms with Crippen LogP contribution in [0.2, 0.25) is 0 Å². The van der Waals surface area contributed by atoms with E-state index in [1.54, 1.807) is 11.4 Å². The minimum atomic E-state index is -4.10. The van der Waals surface area contributed by atoms with Crippen molar-refractivity contribution in [2.75, 3.05) is 10.8 Å². The van der Waals surface area contributed by atoms with Gasteiger partial charge in [0.1, 0.15) is 16.6 Å². The van der Waals surface area contributed by atoms with Gasteiger partial charge in [-0.05, 0) is 47.0 Å². The van der Waals surface area contributed by atoms with Crippen molar-refractivity contribution in [3.63, 3.8) is 0 Å². The lowest BCUT2D eigenvalue weighted by Crippen LogP contribution is -2.41. The Labute approximate surface area is 193 Å². The molecule has 2 aromatic carbocycles. The molecule has 32 heavy (non-hydrogen) atoms. The molecule has 0 bridgehead atoms. The Morgan fingerprint density at radius 3 is 2.28 bits per heavy atom. The van der Waals surface area contributed by atoms with Gasteiger partial charge in [0.05, 0.1) is 11.7 Å². The molecule has 1 atom stereocenters. The summed E-state index contributed by atoms with van der Waals surface area (Å²) in [6, 6.07) is 16.1. The maximum absolute atomic E-state index is 14.5. The van der Waals surface area contributed by atoms with Crippen molar-refractivity contribution in [3.05, 3.63) is 83.0 Å². The molecule has 0 fully saturated rings. The lowest BCUT2D eigenvalue weighted by atomic mass is 9.86. The predicted octanol–water partition coefficient (Wildman–Crippen LogP) is 5.26. The van der Waals surface area contributed by atoms with E-state index in [1.807, 2.05) is 31.2 Å². The number of para-hydroxylation sites is 1. The fourth-order valence-electron chi connectivity index (χ4n) is 3.25. The summed E-state index contributed by atoms with van der Waals surface area (Å²) >= 11 is 1.02. The third-order valence-electron chi connectivity index (χ3n) is 5.10. The van der Waals surface area contributed by atoms with Gasteiger partial charge in [-0.3, -0.25) is 9.10 Å². The standard InChI is InChI=1S/C24H27FN2O3S2/c1-17(18-11-13-19(14-12-18)24(2,3)4)26-22(28)16-27(21-9-6-5-8-20(21)25)32(29,30)23-10-7-15-31-23/h5-15,17H,16H2,1-4H3,(H,26,28). The van der Waals surface area contributed by atoms with Crippen LogP contribution in [0.15, 0.2) is 70.3 Å². The SMILES string of the molecule is CC(NC(=O)CN(c1ccccc1F)S(=O)(=O)c1cccs1)c1ccc(C(C)(C)C)cc1. The molecule has 5 nitrogen and oxygen atoms in total. The van der Waals surface area contributed by atoms with E-state index in [2.05, 4.69) is 26.1 Å². The smallest absolute Gasteiger partial charge is 0.274 e. The van der Waals surface area contributed by atoms with Crippen molar-refractivity contribution >= 4 is 33.0 Å². The number of hydrogen-bond acceptors (Lipinski definition) is 4. The van der Waals surface area contributed by atoms with Crippen LogP contribution in [0.4, 0.5) is 10.1 Å². The fourth-order valence-corrected chi connectivity index (χ4v) is 5.78. The third kappa shape index (κ3) is 5.37. The van der Waals surface area contributed by atoms with Gasteiger partial charge in [-0.1, -0.05) is 63.2 Å². The lowest BCUT2D eigenvalue weighted by Gasteiger charge is -2.25. The first-order chi connectivity index (χ1) is 15.0. The maximum atomic E-state index is 14.5. The molecule has 1 N–H and O–H groups in total. The molecule has 8 heteroatoms. The molecule has 1 heterocycles. The molecular formula is C24H27FN2O3S2. The van der Waals surface area contributed by atoms with E-state index < -0.39 is 28.3 Å². The zero-order valence-electron chi connectivity index (χ0n) is 18.5. The van der Waals surface area contributed by atoms with Crippen molar-refractivity contribution in [2.45, 2.75) is 43.4 Å². The lowest BCUT2D eigenvalue weighted by molar-refractivity contribution is -0.120. The zero-order chi connectivity index (χ0) is 23.5. The van der Waals surface area contributed by atoms with E-state index in [0.717, 1.165) is 21.2 Å². The largest absolute Gasteiger partial charge is 0.348 e. The molecule has 0 aliphatic heterocycles. The Kier molecular flexibility index (Phi) is 7.05. The second-order valence-corrected chi connectivity index (χ2v) is 11.6. The third-order valence-corrected chi connectivity index (χ3v) is 8.23. The highest BCUT2D eigenvalue weighted by Crippen LogP contribution is 2.28.